The van der Waals surface area contributed by atoms with Gasteiger partial charge in [-0.15, -0.1) is 0 Å². The van der Waals surface area contributed by atoms with Gasteiger partial charge in [0.15, 0.2) is 5.78 Å². The summed E-state index contributed by atoms with van der Waals surface area (Å²) in [5.74, 6) is -0.601. The summed E-state index contributed by atoms with van der Waals surface area (Å²) < 4.78 is 2.31. The van der Waals surface area contributed by atoms with Crippen LogP contribution in [0.1, 0.15) is 33.3 Å². The van der Waals surface area contributed by atoms with Crippen LogP contribution in [0.15, 0.2) is 59.2 Å². The lowest BCUT2D eigenvalue weighted by molar-refractivity contribution is 0.101. The average Bonchev–Trinajstić information content (AvgIpc) is 3.12. The standard InChI is InChI=1S/C19H15BrClN3O2/c1-2-24-17(9-10-22-24)19(26)23-16-8-7-12(20)11-14(16)18(25)13-5-3-4-6-15(13)21/h3-11H,2H2,1H3,(H,23,26). The molecule has 0 aliphatic rings. The lowest BCUT2D eigenvalue weighted by Crippen LogP contribution is -2.19. The average molecular weight is 433 g/mol. The highest BCUT2D eigenvalue weighted by atomic mass is 79.9. The van der Waals surface area contributed by atoms with Crippen molar-refractivity contribution in [2.24, 2.45) is 0 Å². The van der Waals surface area contributed by atoms with E-state index < -0.39 is 0 Å². The number of ketones is 1. The summed E-state index contributed by atoms with van der Waals surface area (Å²) in [4.78, 5) is 25.6. The topological polar surface area (TPSA) is 64.0 Å². The fourth-order valence-electron chi connectivity index (χ4n) is 2.57. The second kappa shape index (κ2) is 7.85. The number of amides is 1. The van der Waals surface area contributed by atoms with Crippen molar-refractivity contribution in [1.82, 2.24) is 9.78 Å². The number of carbonyl (C=O) groups is 2. The maximum absolute atomic E-state index is 13.0. The van der Waals surface area contributed by atoms with Gasteiger partial charge in [0.25, 0.3) is 5.91 Å². The van der Waals surface area contributed by atoms with Gasteiger partial charge in [-0.1, -0.05) is 39.7 Å². The van der Waals surface area contributed by atoms with Crippen LogP contribution in [0.4, 0.5) is 5.69 Å². The summed E-state index contributed by atoms with van der Waals surface area (Å²) in [5, 5.41) is 7.25. The van der Waals surface area contributed by atoms with Crippen molar-refractivity contribution in [2.75, 3.05) is 5.32 Å². The number of anilines is 1. The molecule has 5 nitrogen and oxygen atoms in total. The number of carbonyl (C=O) groups excluding carboxylic acids is 2. The van der Waals surface area contributed by atoms with Crippen LogP contribution in [-0.2, 0) is 6.54 Å². The van der Waals surface area contributed by atoms with Gasteiger partial charge in [-0.25, -0.2) is 0 Å². The molecule has 0 unspecified atom stereocenters. The molecule has 0 saturated heterocycles. The number of aryl methyl sites for hydroxylation is 1. The van der Waals surface area contributed by atoms with Crippen LogP contribution in [0, 0.1) is 0 Å². The molecule has 0 atom stereocenters. The monoisotopic (exact) mass is 431 g/mol. The third-order valence-corrected chi connectivity index (χ3v) is 4.66. The molecule has 0 bridgehead atoms. The van der Waals surface area contributed by atoms with Crippen molar-refractivity contribution in [1.29, 1.82) is 0 Å². The molecule has 132 valence electrons. The first-order chi connectivity index (χ1) is 12.5. The Balaban J connectivity index is 1.98. The van der Waals surface area contributed by atoms with E-state index in [4.69, 9.17) is 11.6 Å². The van der Waals surface area contributed by atoms with E-state index in [-0.39, 0.29) is 11.7 Å². The van der Waals surface area contributed by atoms with E-state index >= 15 is 0 Å². The highest BCUT2D eigenvalue weighted by molar-refractivity contribution is 9.10. The zero-order chi connectivity index (χ0) is 18.7. The highest BCUT2D eigenvalue weighted by Crippen LogP contribution is 2.27. The molecule has 26 heavy (non-hydrogen) atoms. The van der Waals surface area contributed by atoms with Crippen LogP contribution < -0.4 is 5.32 Å². The Morgan fingerprint density at radius 2 is 1.92 bits per heavy atom. The molecule has 1 N–H and O–H groups in total. The number of rotatable bonds is 5. The van der Waals surface area contributed by atoms with Crippen molar-refractivity contribution < 1.29 is 9.59 Å². The zero-order valence-electron chi connectivity index (χ0n) is 13.9. The first kappa shape index (κ1) is 18.4. The molecular formula is C19H15BrClN3O2. The Labute approximate surface area is 164 Å². The van der Waals surface area contributed by atoms with E-state index in [0.29, 0.717) is 34.1 Å². The van der Waals surface area contributed by atoms with Gasteiger partial charge in [0, 0.05) is 28.3 Å². The first-order valence-electron chi connectivity index (χ1n) is 7.93. The molecule has 0 aliphatic carbocycles. The van der Waals surface area contributed by atoms with Gasteiger partial charge in [0.2, 0.25) is 0 Å². The largest absolute Gasteiger partial charge is 0.320 e. The van der Waals surface area contributed by atoms with Crippen molar-refractivity contribution in [3.8, 4) is 0 Å². The summed E-state index contributed by atoms with van der Waals surface area (Å²) >= 11 is 9.53. The van der Waals surface area contributed by atoms with Gasteiger partial charge in [0.1, 0.15) is 5.69 Å². The van der Waals surface area contributed by atoms with Gasteiger partial charge in [-0.05, 0) is 43.3 Å². The minimum atomic E-state index is -0.333. The molecular weight excluding hydrogens is 418 g/mol. The number of nitrogens with zero attached hydrogens (tertiary/aromatic N) is 2. The SMILES string of the molecule is CCn1nccc1C(=O)Nc1ccc(Br)cc1C(=O)c1ccccc1Cl. The molecule has 0 saturated carbocycles. The number of hydrogen-bond donors (Lipinski definition) is 1. The Kier molecular flexibility index (Phi) is 5.54. The quantitative estimate of drug-likeness (QED) is 0.589. The summed E-state index contributed by atoms with van der Waals surface area (Å²) in [7, 11) is 0. The molecule has 7 heteroatoms. The lowest BCUT2D eigenvalue weighted by Gasteiger charge is -2.12. The van der Waals surface area contributed by atoms with Crippen LogP contribution in [0.3, 0.4) is 0 Å². The lowest BCUT2D eigenvalue weighted by atomic mass is 10.0. The molecule has 2 aromatic carbocycles. The van der Waals surface area contributed by atoms with Crippen LogP contribution >= 0.6 is 27.5 Å². The number of halogens is 2. The normalized spacial score (nSPS) is 10.6. The van der Waals surface area contributed by atoms with E-state index in [0.717, 1.165) is 4.47 Å². The Morgan fingerprint density at radius 1 is 1.15 bits per heavy atom. The van der Waals surface area contributed by atoms with Gasteiger partial charge in [0.05, 0.1) is 10.7 Å². The molecule has 0 spiro atoms. The number of aromatic nitrogens is 2. The van der Waals surface area contributed by atoms with Crippen molar-refractivity contribution >= 4 is 44.9 Å². The number of hydrogen-bond acceptors (Lipinski definition) is 3. The first-order valence-corrected chi connectivity index (χ1v) is 9.10. The molecule has 3 rings (SSSR count). The summed E-state index contributed by atoms with van der Waals surface area (Å²) in [6, 6.07) is 13.6. The van der Waals surface area contributed by atoms with Crippen LogP contribution in [0.2, 0.25) is 5.02 Å². The second-order valence-corrected chi connectivity index (χ2v) is 6.81. The fourth-order valence-corrected chi connectivity index (χ4v) is 3.15. The Bertz CT molecular complexity index is 984. The number of benzene rings is 2. The van der Waals surface area contributed by atoms with Gasteiger partial charge >= 0.3 is 0 Å². The molecule has 3 aromatic rings. The Morgan fingerprint density at radius 3 is 2.65 bits per heavy atom. The molecule has 0 radical (unpaired) electrons. The third kappa shape index (κ3) is 3.71. The van der Waals surface area contributed by atoms with E-state index in [9.17, 15) is 9.59 Å². The van der Waals surface area contributed by atoms with E-state index in [2.05, 4.69) is 26.3 Å². The molecule has 1 heterocycles. The zero-order valence-corrected chi connectivity index (χ0v) is 16.2. The van der Waals surface area contributed by atoms with Crippen LogP contribution in [-0.4, -0.2) is 21.5 Å². The van der Waals surface area contributed by atoms with Crippen LogP contribution in [0.5, 0.6) is 0 Å². The predicted molar refractivity (Wildman–Crippen MR) is 105 cm³/mol. The summed E-state index contributed by atoms with van der Waals surface area (Å²) in [6.45, 7) is 2.47. The summed E-state index contributed by atoms with van der Waals surface area (Å²) in [6.07, 6.45) is 1.57. The maximum atomic E-state index is 13.0. The van der Waals surface area contributed by atoms with E-state index in [1.54, 1.807) is 59.4 Å². The van der Waals surface area contributed by atoms with Gasteiger partial charge < -0.3 is 5.32 Å². The molecule has 1 aromatic heterocycles. The van der Waals surface area contributed by atoms with Crippen molar-refractivity contribution in [3.63, 3.8) is 0 Å². The molecule has 1 amide bonds. The van der Waals surface area contributed by atoms with E-state index in [1.807, 2.05) is 6.92 Å². The molecule has 0 fully saturated rings. The van der Waals surface area contributed by atoms with Gasteiger partial charge in [-0.3, -0.25) is 14.3 Å². The maximum Gasteiger partial charge on any atom is 0.273 e. The van der Waals surface area contributed by atoms with Crippen molar-refractivity contribution in [2.45, 2.75) is 13.5 Å². The van der Waals surface area contributed by atoms with Crippen molar-refractivity contribution in [3.05, 3.63) is 81.0 Å². The second-order valence-electron chi connectivity index (χ2n) is 5.49. The fraction of sp³-hybridized carbons (Fsp3) is 0.105. The van der Waals surface area contributed by atoms with Gasteiger partial charge in [-0.2, -0.15) is 5.10 Å². The number of nitrogens with one attached hydrogen (secondary N) is 1. The highest BCUT2D eigenvalue weighted by Gasteiger charge is 2.19. The predicted octanol–water partition coefficient (Wildman–Crippen LogP) is 4.80. The third-order valence-electron chi connectivity index (χ3n) is 3.84. The van der Waals surface area contributed by atoms with E-state index in [1.165, 1.54) is 0 Å². The Hall–Kier alpha value is -2.44. The smallest absolute Gasteiger partial charge is 0.273 e. The summed E-state index contributed by atoms with van der Waals surface area (Å²) in [5.41, 5.74) is 1.56. The minimum Gasteiger partial charge on any atom is -0.320 e. The molecule has 0 aliphatic heterocycles. The minimum absolute atomic E-state index is 0.267. The van der Waals surface area contributed by atoms with Crippen LogP contribution in [0.25, 0.3) is 0 Å².